The van der Waals surface area contributed by atoms with Gasteiger partial charge in [0.1, 0.15) is 0 Å². The fourth-order valence-corrected chi connectivity index (χ4v) is 3.36. The summed E-state index contributed by atoms with van der Waals surface area (Å²) in [5.41, 5.74) is 9.96. The molecule has 3 rings (SSSR count). The fourth-order valence-electron chi connectivity index (χ4n) is 3.36. The lowest BCUT2D eigenvalue weighted by molar-refractivity contribution is -0.130. The molecule has 24 heavy (non-hydrogen) atoms. The van der Waals surface area contributed by atoms with Crippen molar-refractivity contribution in [3.63, 3.8) is 0 Å². The van der Waals surface area contributed by atoms with Crippen LogP contribution in [-0.4, -0.2) is 29.9 Å². The maximum Gasteiger partial charge on any atom is 0.222 e. The molecule has 1 aliphatic heterocycles. The van der Waals surface area contributed by atoms with E-state index in [1.165, 1.54) is 16.7 Å². The number of rotatable bonds is 4. The number of nitrogens with two attached hydrogens (primary N) is 1. The summed E-state index contributed by atoms with van der Waals surface area (Å²) in [6.45, 7) is 3.47. The third-order valence-corrected chi connectivity index (χ3v) is 4.66. The van der Waals surface area contributed by atoms with E-state index in [2.05, 4.69) is 37.3 Å². The fraction of sp³-hybridized carbons (Fsp3) is 0.350. The molecule has 0 aromatic heterocycles. The van der Waals surface area contributed by atoms with Gasteiger partial charge in [0.25, 0.3) is 0 Å². The molecule has 2 aromatic carbocycles. The summed E-state index contributed by atoms with van der Waals surface area (Å²) in [5, 5.41) is 0. The average Bonchev–Trinajstić information content (AvgIpc) is 2.95. The zero-order chi connectivity index (χ0) is 16.2. The van der Waals surface area contributed by atoms with Crippen molar-refractivity contribution < 1.29 is 4.79 Å². The van der Waals surface area contributed by atoms with Gasteiger partial charge >= 0.3 is 0 Å². The molecular weight excluding hydrogens is 320 g/mol. The second kappa shape index (κ2) is 8.32. The smallest absolute Gasteiger partial charge is 0.222 e. The molecule has 1 heterocycles. The molecule has 2 N–H and O–H groups in total. The van der Waals surface area contributed by atoms with Crippen molar-refractivity contribution >= 4 is 18.3 Å². The molecule has 0 spiro atoms. The van der Waals surface area contributed by atoms with E-state index in [9.17, 15) is 4.79 Å². The average molecular weight is 345 g/mol. The van der Waals surface area contributed by atoms with Gasteiger partial charge in [-0.05, 0) is 24.5 Å². The van der Waals surface area contributed by atoms with Crippen LogP contribution in [0.3, 0.4) is 0 Å². The van der Waals surface area contributed by atoms with Gasteiger partial charge in [0, 0.05) is 31.5 Å². The van der Waals surface area contributed by atoms with E-state index in [1.807, 2.05) is 29.2 Å². The maximum absolute atomic E-state index is 12.5. The molecule has 2 atom stereocenters. The van der Waals surface area contributed by atoms with Gasteiger partial charge in [-0.15, -0.1) is 12.4 Å². The molecule has 0 unspecified atom stereocenters. The summed E-state index contributed by atoms with van der Waals surface area (Å²) in [5.74, 6) is 0.458. The number of amides is 1. The van der Waals surface area contributed by atoms with Gasteiger partial charge in [-0.2, -0.15) is 0 Å². The molecule has 4 heteroatoms. The number of hydrogen-bond donors (Lipinski definition) is 1. The summed E-state index contributed by atoms with van der Waals surface area (Å²) in [4.78, 5) is 14.4. The topological polar surface area (TPSA) is 46.3 Å². The monoisotopic (exact) mass is 344 g/mol. The molecule has 1 saturated heterocycles. The number of carbonyl (C=O) groups excluding carboxylic acids is 1. The summed E-state index contributed by atoms with van der Waals surface area (Å²) in [6.07, 6.45) is 1.35. The molecule has 2 aromatic rings. The van der Waals surface area contributed by atoms with Crippen LogP contribution >= 0.6 is 12.4 Å². The molecule has 0 radical (unpaired) electrons. The minimum atomic E-state index is 0. The number of halogens is 1. The van der Waals surface area contributed by atoms with Crippen molar-refractivity contribution in [3.05, 3.63) is 71.3 Å². The highest BCUT2D eigenvalue weighted by Crippen LogP contribution is 2.26. The van der Waals surface area contributed by atoms with E-state index in [0.717, 1.165) is 13.0 Å². The Bertz CT molecular complexity index is 674. The number of nitrogens with zero attached hydrogens (tertiary/aromatic N) is 1. The van der Waals surface area contributed by atoms with Gasteiger partial charge in [0.05, 0.1) is 0 Å². The van der Waals surface area contributed by atoms with Crippen LogP contribution in [0.15, 0.2) is 54.6 Å². The highest BCUT2D eigenvalue weighted by Gasteiger charge is 2.33. The minimum absolute atomic E-state index is 0. The lowest BCUT2D eigenvalue weighted by Crippen LogP contribution is -2.32. The Morgan fingerprint density at radius 3 is 2.58 bits per heavy atom. The molecule has 128 valence electrons. The van der Waals surface area contributed by atoms with Crippen LogP contribution in [0.2, 0.25) is 0 Å². The standard InChI is InChI=1S/C20H24N2O.ClH/c1-15-6-5-7-16(12-15)10-11-20(23)22-13-18(19(21)14-22)17-8-3-2-4-9-17;/h2-9,12,18-19H,10-11,13-14,21H2,1H3;1H/t18-,19+;/m0./s1. The second-order valence-electron chi connectivity index (χ2n) is 6.47. The van der Waals surface area contributed by atoms with Gasteiger partial charge in [0.15, 0.2) is 0 Å². The molecule has 3 nitrogen and oxygen atoms in total. The number of likely N-dealkylation sites (tertiary alicyclic amines) is 1. The third kappa shape index (κ3) is 4.37. The molecule has 0 aliphatic carbocycles. The first-order valence-electron chi connectivity index (χ1n) is 8.27. The molecule has 1 aliphatic rings. The van der Waals surface area contributed by atoms with E-state index in [1.54, 1.807) is 0 Å². The predicted molar refractivity (Wildman–Crippen MR) is 100 cm³/mol. The van der Waals surface area contributed by atoms with Crippen LogP contribution in [0.5, 0.6) is 0 Å². The normalized spacial score (nSPS) is 19.8. The number of hydrogen-bond acceptors (Lipinski definition) is 2. The maximum atomic E-state index is 12.5. The van der Waals surface area contributed by atoms with E-state index in [0.29, 0.717) is 13.0 Å². The summed E-state index contributed by atoms with van der Waals surface area (Å²) in [6, 6.07) is 18.7. The van der Waals surface area contributed by atoms with Gasteiger partial charge < -0.3 is 10.6 Å². The Balaban J connectivity index is 0.00000208. The predicted octanol–water partition coefficient (Wildman–Crippen LogP) is 3.30. The van der Waals surface area contributed by atoms with Crippen LogP contribution in [0, 0.1) is 6.92 Å². The molecule has 0 saturated carbocycles. The SMILES string of the molecule is Cc1cccc(CCC(=O)N2C[C@@H](N)[C@H](c3ccccc3)C2)c1.Cl. The third-order valence-electron chi connectivity index (χ3n) is 4.66. The quantitative estimate of drug-likeness (QED) is 0.925. The zero-order valence-corrected chi connectivity index (χ0v) is 14.8. The van der Waals surface area contributed by atoms with Crippen molar-refractivity contribution in [2.75, 3.05) is 13.1 Å². The summed E-state index contributed by atoms with van der Waals surface area (Å²) in [7, 11) is 0. The Kier molecular flexibility index (Phi) is 6.41. The van der Waals surface area contributed by atoms with Gasteiger partial charge in [-0.3, -0.25) is 4.79 Å². The number of aryl methyl sites for hydroxylation is 2. The van der Waals surface area contributed by atoms with Crippen LogP contribution in [0.25, 0.3) is 0 Å². The molecular formula is C20H25ClN2O. The summed E-state index contributed by atoms with van der Waals surface area (Å²) >= 11 is 0. The Morgan fingerprint density at radius 2 is 1.88 bits per heavy atom. The van der Waals surface area contributed by atoms with E-state index in [-0.39, 0.29) is 30.3 Å². The highest BCUT2D eigenvalue weighted by molar-refractivity contribution is 5.85. The van der Waals surface area contributed by atoms with Gasteiger partial charge in [-0.1, -0.05) is 60.2 Å². The molecule has 1 amide bonds. The zero-order valence-electron chi connectivity index (χ0n) is 14.0. The van der Waals surface area contributed by atoms with Crippen LogP contribution in [0.1, 0.15) is 29.0 Å². The van der Waals surface area contributed by atoms with E-state index < -0.39 is 0 Å². The molecule has 0 bridgehead atoms. The highest BCUT2D eigenvalue weighted by atomic mass is 35.5. The minimum Gasteiger partial charge on any atom is -0.340 e. The molecule has 1 fully saturated rings. The van der Waals surface area contributed by atoms with E-state index in [4.69, 9.17) is 5.73 Å². The first kappa shape index (κ1) is 18.5. The number of carbonyl (C=O) groups is 1. The van der Waals surface area contributed by atoms with Crippen LogP contribution in [0.4, 0.5) is 0 Å². The van der Waals surface area contributed by atoms with Crippen LogP contribution in [-0.2, 0) is 11.2 Å². The van der Waals surface area contributed by atoms with Gasteiger partial charge in [0.2, 0.25) is 5.91 Å². The number of benzene rings is 2. The lowest BCUT2D eigenvalue weighted by Gasteiger charge is -2.16. The van der Waals surface area contributed by atoms with Crippen molar-refractivity contribution in [2.45, 2.75) is 31.7 Å². The first-order valence-corrected chi connectivity index (χ1v) is 8.27. The van der Waals surface area contributed by atoms with Crippen molar-refractivity contribution in [2.24, 2.45) is 5.73 Å². The second-order valence-corrected chi connectivity index (χ2v) is 6.47. The Labute approximate surface area is 150 Å². The van der Waals surface area contributed by atoms with Crippen molar-refractivity contribution in [1.29, 1.82) is 0 Å². The van der Waals surface area contributed by atoms with Gasteiger partial charge in [-0.25, -0.2) is 0 Å². The Morgan fingerprint density at radius 1 is 1.12 bits per heavy atom. The first-order chi connectivity index (χ1) is 11.1. The van der Waals surface area contributed by atoms with E-state index >= 15 is 0 Å². The lowest BCUT2D eigenvalue weighted by atomic mass is 9.95. The van der Waals surface area contributed by atoms with Crippen molar-refractivity contribution in [3.8, 4) is 0 Å². The van der Waals surface area contributed by atoms with Crippen molar-refractivity contribution in [1.82, 2.24) is 4.90 Å². The Hall–Kier alpha value is -1.84. The summed E-state index contributed by atoms with van der Waals surface area (Å²) < 4.78 is 0. The van der Waals surface area contributed by atoms with Crippen LogP contribution < -0.4 is 5.73 Å². The largest absolute Gasteiger partial charge is 0.340 e.